The Labute approximate surface area is 339 Å². The molecule has 0 radical (unpaired) electrons. The maximum absolute atomic E-state index is 15.3. The van der Waals surface area contributed by atoms with Crippen molar-refractivity contribution in [2.24, 2.45) is 4.99 Å². The first-order valence-corrected chi connectivity index (χ1v) is 24.1. The number of carbonyl (C=O) groups excluding carboxylic acids is 1. The molecule has 0 heterocycles. The summed E-state index contributed by atoms with van der Waals surface area (Å²) < 4.78 is 58.3. The molecule has 0 spiro atoms. The van der Waals surface area contributed by atoms with Gasteiger partial charge < -0.3 is 5.41 Å². The van der Waals surface area contributed by atoms with Crippen molar-refractivity contribution >= 4 is 48.8 Å². The monoisotopic (exact) mass is 808 g/mol. The van der Waals surface area contributed by atoms with Crippen LogP contribution in [0.5, 0.6) is 0 Å². The zero-order chi connectivity index (χ0) is 41.6. The van der Waals surface area contributed by atoms with E-state index in [-0.39, 0.29) is 46.2 Å². The fourth-order valence-electron chi connectivity index (χ4n) is 6.98. The van der Waals surface area contributed by atoms with E-state index in [0.717, 1.165) is 41.8 Å². The highest BCUT2D eigenvalue weighted by Gasteiger charge is 2.39. The van der Waals surface area contributed by atoms with Gasteiger partial charge in [-0.1, -0.05) is 144 Å². The lowest BCUT2D eigenvalue weighted by Crippen LogP contribution is -2.40. The number of amides is 1. The third kappa shape index (κ3) is 13.8. The molecule has 11 heteroatoms. The van der Waals surface area contributed by atoms with Gasteiger partial charge in [0.15, 0.2) is 0 Å². The Hall–Kier alpha value is -3.57. The molecule has 0 unspecified atom stereocenters. The predicted molar refractivity (Wildman–Crippen MR) is 235 cm³/mol. The van der Waals surface area contributed by atoms with Crippen molar-refractivity contribution in [3.05, 3.63) is 76.5 Å². The van der Waals surface area contributed by atoms with Gasteiger partial charge in [0.05, 0.1) is 39.6 Å². The number of carbonyl (C=O) groups is 1. The molecule has 1 amide bonds. The van der Waals surface area contributed by atoms with E-state index >= 15 is 8.42 Å². The normalized spacial score (nSPS) is 14.3. The minimum absolute atomic E-state index is 0.00672. The lowest BCUT2D eigenvalue weighted by molar-refractivity contribution is -0.125. The number of sulfonamides is 2. The van der Waals surface area contributed by atoms with Crippen molar-refractivity contribution in [1.82, 2.24) is 4.31 Å². The lowest BCUT2D eigenvalue weighted by atomic mass is 9.89. The summed E-state index contributed by atoms with van der Waals surface area (Å²) in [7, 11) is -8.12. The molecule has 9 nitrogen and oxygen atoms in total. The van der Waals surface area contributed by atoms with Crippen LogP contribution in [-0.2, 0) is 24.8 Å². The SMILES string of the molecule is CCCCCCCCCCCCCCCC(=O)N(C1=CC(=N)C=CC1=Nc1ccc(C)c(NS(C)(=O)=O)c1)S(=O)(=O)c1c(C(C)C)cc(C(C)C)cc1C(C)C. The molecule has 2 N–H and O–H groups in total. The maximum atomic E-state index is 15.3. The van der Waals surface area contributed by atoms with Crippen LogP contribution in [0.2, 0.25) is 0 Å². The van der Waals surface area contributed by atoms with Gasteiger partial charge in [0.1, 0.15) is 0 Å². The first-order valence-electron chi connectivity index (χ1n) is 20.8. The van der Waals surface area contributed by atoms with Crippen LogP contribution in [0.15, 0.2) is 64.1 Å². The number of hydrogen-bond acceptors (Lipinski definition) is 7. The van der Waals surface area contributed by atoms with Crippen LogP contribution in [0, 0.1) is 12.3 Å². The molecular weight excluding hydrogens is 741 g/mol. The van der Waals surface area contributed by atoms with Crippen LogP contribution < -0.4 is 4.72 Å². The molecule has 0 atom stereocenters. The van der Waals surface area contributed by atoms with E-state index < -0.39 is 26.0 Å². The predicted octanol–water partition coefficient (Wildman–Crippen LogP) is 12.0. The number of unbranched alkanes of at least 4 members (excludes halogenated alkanes) is 12. The molecule has 1 aliphatic rings. The van der Waals surface area contributed by atoms with E-state index in [4.69, 9.17) is 10.4 Å². The van der Waals surface area contributed by atoms with Gasteiger partial charge in [-0.15, -0.1) is 0 Å². The topological polar surface area (TPSA) is 137 Å². The highest BCUT2D eigenvalue weighted by atomic mass is 32.2. The van der Waals surface area contributed by atoms with Gasteiger partial charge >= 0.3 is 0 Å². The van der Waals surface area contributed by atoms with Crippen LogP contribution in [0.3, 0.4) is 0 Å². The van der Waals surface area contributed by atoms with Gasteiger partial charge in [-0.05, 0) is 83.7 Å². The Balaban J connectivity index is 2.02. The average Bonchev–Trinajstić information content (AvgIpc) is 3.11. The smallest absolute Gasteiger partial charge is 0.271 e. The molecule has 2 aromatic rings. The lowest BCUT2D eigenvalue weighted by Gasteiger charge is -2.30. The summed E-state index contributed by atoms with van der Waals surface area (Å²) in [6.07, 6.45) is 20.4. The van der Waals surface area contributed by atoms with Crippen molar-refractivity contribution in [3.63, 3.8) is 0 Å². The van der Waals surface area contributed by atoms with Gasteiger partial charge in [0.25, 0.3) is 10.0 Å². The molecule has 0 aromatic heterocycles. The molecule has 310 valence electrons. The van der Waals surface area contributed by atoms with Crippen LogP contribution in [0.1, 0.15) is 178 Å². The van der Waals surface area contributed by atoms with Crippen LogP contribution in [0.25, 0.3) is 0 Å². The molecule has 0 bridgehead atoms. The summed E-state index contributed by atoms with van der Waals surface area (Å²) in [4.78, 5) is 19.4. The summed E-state index contributed by atoms with van der Waals surface area (Å²) in [5, 5.41) is 8.57. The molecule has 3 rings (SSSR count). The fraction of sp³-hybridized carbons (Fsp3) is 0.578. The van der Waals surface area contributed by atoms with E-state index in [1.807, 2.05) is 39.8 Å². The van der Waals surface area contributed by atoms with Gasteiger partial charge in [0, 0.05) is 6.42 Å². The first-order chi connectivity index (χ1) is 26.4. The number of anilines is 1. The molecule has 0 aliphatic heterocycles. The number of nitrogens with one attached hydrogen (secondary N) is 2. The summed E-state index contributed by atoms with van der Waals surface area (Å²) >= 11 is 0. The van der Waals surface area contributed by atoms with Crippen molar-refractivity contribution in [2.45, 2.75) is 168 Å². The van der Waals surface area contributed by atoms with E-state index in [0.29, 0.717) is 34.5 Å². The third-order valence-corrected chi connectivity index (χ3v) is 12.7. The van der Waals surface area contributed by atoms with Crippen molar-refractivity contribution in [2.75, 3.05) is 11.0 Å². The van der Waals surface area contributed by atoms with E-state index in [1.165, 1.54) is 69.6 Å². The second-order valence-corrected chi connectivity index (χ2v) is 19.8. The Morgan fingerprint density at radius 2 is 1.27 bits per heavy atom. The standard InChI is InChI=1S/C45H68N4O5S2/c1-10-11-12-13-14-15-16-17-18-19-20-21-22-23-44(50)49(56(53,54)45-39(33(4)5)28-36(32(2)3)29-40(45)34(6)7)43-30-37(46)25-27-41(43)47-38-26-24-35(8)42(31-38)48-55(9,51)52/h24-34,46,48H,10-23H2,1-9H3. The van der Waals surface area contributed by atoms with E-state index in [2.05, 4.69) is 25.5 Å². The zero-order valence-corrected chi connectivity index (χ0v) is 37.1. The number of hydrogen-bond donors (Lipinski definition) is 2. The molecule has 2 aromatic carbocycles. The van der Waals surface area contributed by atoms with Crippen molar-refractivity contribution in [1.29, 1.82) is 5.41 Å². The average molecular weight is 809 g/mol. The van der Waals surface area contributed by atoms with Gasteiger partial charge in [-0.3, -0.25) is 9.52 Å². The number of nitrogens with zero attached hydrogens (tertiary/aromatic N) is 2. The summed E-state index contributed by atoms with van der Waals surface area (Å²) in [5.74, 6) is -0.726. The second kappa shape index (κ2) is 21.8. The molecule has 56 heavy (non-hydrogen) atoms. The highest BCUT2D eigenvalue weighted by molar-refractivity contribution is 7.92. The zero-order valence-electron chi connectivity index (χ0n) is 35.5. The quantitative estimate of drug-likeness (QED) is 0.0850. The third-order valence-electron chi connectivity index (χ3n) is 10.3. The summed E-state index contributed by atoms with van der Waals surface area (Å²) in [5.41, 5.74) is 3.89. The number of benzene rings is 2. The Kier molecular flexibility index (Phi) is 18.2. The van der Waals surface area contributed by atoms with Crippen molar-refractivity contribution < 1.29 is 21.6 Å². The van der Waals surface area contributed by atoms with Crippen LogP contribution >= 0.6 is 0 Å². The van der Waals surface area contributed by atoms with Gasteiger partial charge in [0.2, 0.25) is 15.9 Å². The van der Waals surface area contributed by atoms with Crippen molar-refractivity contribution in [3.8, 4) is 0 Å². The van der Waals surface area contributed by atoms with Crippen LogP contribution in [0.4, 0.5) is 11.4 Å². The Morgan fingerprint density at radius 1 is 0.750 bits per heavy atom. The molecule has 0 saturated heterocycles. The minimum Gasteiger partial charge on any atom is -0.301 e. The molecule has 0 fully saturated rings. The number of rotatable bonds is 23. The minimum atomic E-state index is -4.54. The fourth-order valence-corrected chi connectivity index (χ4v) is 9.73. The second-order valence-electron chi connectivity index (χ2n) is 16.3. The van der Waals surface area contributed by atoms with E-state index in [1.54, 1.807) is 25.1 Å². The number of aliphatic imine (C=N–C) groups is 1. The van der Waals surface area contributed by atoms with E-state index in [9.17, 15) is 13.2 Å². The Bertz CT molecular complexity index is 1950. The number of aryl methyl sites for hydroxylation is 1. The highest BCUT2D eigenvalue weighted by Crippen LogP contribution is 2.39. The molecule has 1 aliphatic carbocycles. The Morgan fingerprint density at radius 3 is 1.75 bits per heavy atom. The molecular formula is C45H68N4O5S2. The molecule has 0 saturated carbocycles. The van der Waals surface area contributed by atoms with Gasteiger partial charge in [-0.2, -0.15) is 0 Å². The largest absolute Gasteiger partial charge is 0.301 e. The summed E-state index contributed by atoms with van der Waals surface area (Å²) in [6.45, 7) is 16.0. The maximum Gasteiger partial charge on any atom is 0.271 e. The summed E-state index contributed by atoms with van der Waals surface area (Å²) in [6, 6.07) is 8.91. The number of allylic oxidation sites excluding steroid dienone is 3. The van der Waals surface area contributed by atoms with Gasteiger partial charge in [-0.25, -0.2) is 26.1 Å². The first kappa shape index (κ1) is 46.8. The van der Waals surface area contributed by atoms with Crippen LogP contribution in [-0.4, -0.2) is 44.7 Å².